The third-order valence-corrected chi connectivity index (χ3v) is 2.57. The van der Waals surface area contributed by atoms with E-state index in [2.05, 4.69) is 0 Å². The van der Waals surface area contributed by atoms with Crippen LogP contribution in [0.4, 0.5) is 0 Å². The van der Waals surface area contributed by atoms with Gasteiger partial charge in [0.2, 0.25) is 6.10 Å². The molecule has 1 unspecified atom stereocenters. The van der Waals surface area contributed by atoms with Gasteiger partial charge in [0.15, 0.2) is 0 Å². The van der Waals surface area contributed by atoms with Crippen molar-refractivity contribution in [3.8, 4) is 0 Å². The number of nitrogens with zero attached hydrogens (tertiary/aromatic N) is 2. The second kappa shape index (κ2) is 4.88. The van der Waals surface area contributed by atoms with E-state index >= 15 is 0 Å². The van der Waals surface area contributed by atoms with Gasteiger partial charge in [-0.3, -0.25) is 20.2 Å². The predicted octanol–water partition coefficient (Wildman–Crippen LogP) is 1.64. The molecule has 0 aromatic heterocycles. The molecule has 0 bridgehead atoms. The fraction of sp³-hybridized carbons (Fsp3) is 0.400. The van der Waals surface area contributed by atoms with Gasteiger partial charge < -0.3 is 4.74 Å². The zero-order valence-corrected chi connectivity index (χ0v) is 9.40. The van der Waals surface area contributed by atoms with Gasteiger partial charge in [0.05, 0.1) is 6.92 Å². The molecule has 0 aliphatic rings. The number of methoxy groups -OCH3 is 1. The summed E-state index contributed by atoms with van der Waals surface area (Å²) in [5.74, 6) is 0. The second-order valence-electron chi connectivity index (χ2n) is 3.63. The highest BCUT2D eigenvalue weighted by Gasteiger charge is 2.59. The number of hydrogen-bond donors (Lipinski definition) is 0. The third-order valence-electron chi connectivity index (χ3n) is 2.57. The SMILES string of the molecule is COC(c1ccccc1)C(C)([N+](=O)[O-])[N+](=O)[O-]. The number of nitro groups is 2. The predicted molar refractivity (Wildman–Crippen MR) is 58.6 cm³/mol. The molecule has 92 valence electrons. The van der Waals surface area contributed by atoms with E-state index in [4.69, 9.17) is 4.74 Å². The van der Waals surface area contributed by atoms with E-state index in [9.17, 15) is 20.2 Å². The fourth-order valence-electron chi connectivity index (χ4n) is 1.56. The van der Waals surface area contributed by atoms with E-state index in [1.807, 2.05) is 0 Å². The van der Waals surface area contributed by atoms with Crippen LogP contribution in [0, 0.1) is 20.2 Å². The van der Waals surface area contributed by atoms with Crippen LogP contribution >= 0.6 is 0 Å². The molecule has 0 spiro atoms. The van der Waals surface area contributed by atoms with Crippen molar-refractivity contribution >= 4 is 0 Å². The Balaban J connectivity index is 3.25. The largest absolute Gasteiger partial charge is 0.484 e. The summed E-state index contributed by atoms with van der Waals surface area (Å²) in [6, 6.07) is 8.11. The highest BCUT2D eigenvalue weighted by molar-refractivity contribution is 5.19. The molecule has 0 amide bonds. The van der Waals surface area contributed by atoms with Crippen LogP contribution in [-0.4, -0.2) is 22.6 Å². The molecule has 1 rings (SSSR count). The first-order valence-corrected chi connectivity index (χ1v) is 4.81. The summed E-state index contributed by atoms with van der Waals surface area (Å²) < 4.78 is 4.94. The molecule has 7 heteroatoms. The summed E-state index contributed by atoms with van der Waals surface area (Å²) in [5.41, 5.74) is -2.01. The Kier molecular flexibility index (Phi) is 3.74. The Bertz CT molecular complexity index is 406. The van der Waals surface area contributed by atoms with Crippen LogP contribution in [0.2, 0.25) is 0 Å². The van der Waals surface area contributed by atoms with Crippen LogP contribution in [0.3, 0.4) is 0 Å². The molecule has 0 fully saturated rings. The minimum atomic E-state index is -2.41. The van der Waals surface area contributed by atoms with Gasteiger partial charge in [-0.05, 0) is 5.56 Å². The molecule has 7 nitrogen and oxygen atoms in total. The van der Waals surface area contributed by atoms with Crippen LogP contribution < -0.4 is 0 Å². The summed E-state index contributed by atoms with van der Waals surface area (Å²) >= 11 is 0. The lowest BCUT2D eigenvalue weighted by Crippen LogP contribution is -2.49. The van der Waals surface area contributed by atoms with E-state index < -0.39 is 21.6 Å². The van der Waals surface area contributed by atoms with Gasteiger partial charge in [-0.1, -0.05) is 30.3 Å². The lowest BCUT2D eigenvalue weighted by molar-refractivity contribution is -0.803. The molecule has 0 saturated carbocycles. The van der Waals surface area contributed by atoms with E-state index in [1.165, 1.54) is 7.11 Å². The third kappa shape index (κ3) is 2.23. The smallest absolute Gasteiger partial charge is 0.363 e. The first-order chi connectivity index (χ1) is 7.94. The molecule has 1 aromatic carbocycles. The molecule has 1 aromatic rings. The van der Waals surface area contributed by atoms with Gasteiger partial charge in [-0.25, -0.2) is 0 Å². The van der Waals surface area contributed by atoms with Crippen molar-refractivity contribution in [2.45, 2.75) is 18.7 Å². The highest BCUT2D eigenvalue weighted by atomic mass is 16.7. The van der Waals surface area contributed by atoms with Gasteiger partial charge in [0, 0.05) is 7.11 Å². The van der Waals surface area contributed by atoms with E-state index in [0.29, 0.717) is 5.56 Å². The van der Waals surface area contributed by atoms with Gasteiger partial charge >= 0.3 is 5.66 Å². The number of benzene rings is 1. The maximum Gasteiger partial charge on any atom is 0.484 e. The summed E-state index contributed by atoms with van der Waals surface area (Å²) in [6.45, 7) is 0.939. The summed E-state index contributed by atoms with van der Waals surface area (Å²) in [4.78, 5) is 20.0. The number of hydrogen-bond acceptors (Lipinski definition) is 5. The topological polar surface area (TPSA) is 95.5 Å². The maximum absolute atomic E-state index is 10.9. The fourth-order valence-corrected chi connectivity index (χ4v) is 1.56. The Hall–Kier alpha value is -2.02. The van der Waals surface area contributed by atoms with Crippen molar-refractivity contribution in [2.75, 3.05) is 7.11 Å². The lowest BCUT2D eigenvalue weighted by Gasteiger charge is -2.21. The molecule has 0 heterocycles. The molecule has 0 N–H and O–H groups in total. The zero-order valence-electron chi connectivity index (χ0n) is 9.40. The van der Waals surface area contributed by atoms with E-state index in [1.54, 1.807) is 30.3 Å². The monoisotopic (exact) mass is 240 g/mol. The summed E-state index contributed by atoms with van der Waals surface area (Å²) in [6.07, 6.45) is -1.24. The van der Waals surface area contributed by atoms with Crippen LogP contribution in [0.15, 0.2) is 30.3 Å². The average molecular weight is 240 g/mol. The van der Waals surface area contributed by atoms with Crippen molar-refractivity contribution in [3.63, 3.8) is 0 Å². The Labute approximate surface area is 97.3 Å². The Morgan fingerprint density at radius 2 is 1.65 bits per heavy atom. The van der Waals surface area contributed by atoms with Crippen LogP contribution in [0.25, 0.3) is 0 Å². The zero-order chi connectivity index (χ0) is 13.1. The molecule has 0 aliphatic heterocycles. The summed E-state index contributed by atoms with van der Waals surface area (Å²) in [7, 11) is 1.21. The molecule has 0 saturated heterocycles. The highest BCUT2D eigenvalue weighted by Crippen LogP contribution is 2.31. The van der Waals surface area contributed by atoms with E-state index in [-0.39, 0.29) is 0 Å². The van der Waals surface area contributed by atoms with E-state index in [0.717, 1.165) is 6.92 Å². The first kappa shape index (κ1) is 13.0. The lowest BCUT2D eigenvalue weighted by atomic mass is 9.98. The van der Waals surface area contributed by atoms with Crippen molar-refractivity contribution in [1.82, 2.24) is 0 Å². The standard InChI is InChI=1S/C10H12N2O5/c1-10(11(13)14,12(15)16)9(17-2)8-6-4-3-5-7-8/h3-7,9H,1-2H3. The minimum absolute atomic E-state index is 0.394. The van der Waals surface area contributed by atoms with Gasteiger partial charge in [0.1, 0.15) is 9.85 Å². The van der Waals surface area contributed by atoms with Crippen molar-refractivity contribution < 1.29 is 14.6 Å². The maximum atomic E-state index is 10.9. The quantitative estimate of drug-likeness (QED) is 0.443. The Morgan fingerprint density at radius 1 is 1.18 bits per heavy atom. The summed E-state index contributed by atoms with van der Waals surface area (Å²) in [5, 5.41) is 21.8. The van der Waals surface area contributed by atoms with Gasteiger partial charge in [-0.15, -0.1) is 0 Å². The minimum Gasteiger partial charge on any atom is -0.363 e. The molecule has 17 heavy (non-hydrogen) atoms. The molecule has 0 radical (unpaired) electrons. The van der Waals surface area contributed by atoms with Crippen molar-refractivity contribution in [2.24, 2.45) is 0 Å². The van der Waals surface area contributed by atoms with Crippen molar-refractivity contribution in [1.29, 1.82) is 0 Å². The number of rotatable bonds is 5. The molecular formula is C10H12N2O5. The number of ether oxygens (including phenoxy) is 1. The van der Waals surface area contributed by atoms with Crippen LogP contribution in [-0.2, 0) is 4.74 Å². The van der Waals surface area contributed by atoms with Crippen LogP contribution in [0.5, 0.6) is 0 Å². The molecule has 1 atom stereocenters. The van der Waals surface area contributed by atoms with Crippen molar-refractivity contribution in [3.05, 3.63) is 56.1 Å². The molecular weight excluding hydrogens is 228 g/mol. The Morgan fingerprint density at radius 3 is 2.00 bits per heavy atom. The van der Waals surface area contributed by atoms with Gasteiger partial charge in [0.25, 0.3) is 0 Å². The first-order valence-electron chi connectivity index (χ1n) is 4.81. The normalized spacial score (nSPS) is 13.1. The van der Waals surface area contributed by atoms with Gasteiger partial charge in [-0.2, -0.15) is 0 Å². The molecule has 0 aliphatic carbocycles. The van der Waals surface area contributed by atoms with Crippen LogP contribution in [0.1, 0.15) is 18.6 Å². The average Bonchev–Trinajstić information content (AvgIpc) is 2.30. The second-order valence-corrected chi connectivity index (χ2v) is 3.63.